The molecule has 0 bridgehead atoms. The quantitative estimate of drug-likeness (QED) is 0.626. The van der Waals surface area contributed by atoms with Crippen LogP contribution in [-0.4, -0.2) is 6.26 Å². The normalized spacial score (nSPS) is 11.8. The lowest BCUT2D eigenvalue weighted by molar-refractivity contribution is 0.578. The summed E-state index contributed by atoms with van der Waals surface area (Å²) in [4.78, 5) is 1.21. The first kappa shape index (κ1) is 10.9. The van der Waals surface area contributed by atoms with Crippen LogP contribution in [0.3, 0.4) is 0 Å². The average molecular weight is 215 g/mol. The van der Waals surface area contributed by atoms with E-state index in [1.807, 2.05) is 12.1 Å². The minimum atomic E-state index is 0.170. The minimum absolute atomic E-state index is 0.170. The molecule has 1 aromatic carbocycles. The lowest BCUT2D eigenvalue weighted by Gasteiger charge is -2.22. The van der Waals surface area contributed by atoms with Crippen LogP contribution in [0.2, 0.25) is 5.02 Å². The molecule has 0 aromatic heterocycles. The van der Waals surface area contributed by atoms with Crippen molar-refractivity contribution >= 4 is 23.4 Å². The summed E-state index contributed by atoms with van der Waals surface area (Å²) in [7, 11) is 0. The van der Waals surface area contributed by atoms with Gasteiger partial charge < -0.3 is 0 Å². The zero-order chi connectivity index (χ0) is 10.1. The van der Waals surface area contributed by atoms with E-state index in [0.717, 1.165) is 5.02 Å². The molecule has 0 aliphatic rings. The molecule has 2 heteroatoms. The predicted octanol–water partition coefficient (Wildman–Crippen LogP) is 4.36. The number of rotatable bonds is 1. The van der Waals surface area contributed by atoms with Gasteiger partial charge in [0.2, 0.25) is 0 Å². The van der Waals surface area contributed by atoms with Gasteiger partial charge in [-0.1, -0.05) is 44.5 Å². The molecule has 0 aliphatic carbocycles. The third-order valence-corrected chi connectivity index (χ3v) is 3.25. The van der Waals surface area contributed by atoms with Crippen molar-refractivity contribution in [1.29, 1.82) is 0 Å². The van der Waals surface area contributed by atoms with Crippen molar-refractivity contribution in [1.82, 2.24) is 0 Å². The van der Waals surface area contributed by atoms with Crippen molar-refractivity contribution in [3.63, 3.8) is 0 Å². The summed E-state index contributed by atoms with van der Waals surface area (Å²) in [6, 6.07) is 6.11. The second kappa shape index (κ2) is 3.93. The molecular formula is C11H15ClS. The van der Waals surface area contributed by atoms with E-state index in [4.69, 9.17) is 11.6 Å². The monoisotopic (exact) mass is 214 g/mol. The fourth-order valence-corrected chi connectivity index (χ4v) is 2.57. The van der Waals surface area contributed by atoms with Crippen LogP contribution in [0.25, 0.3) is 0 Å². The van der Waals surface area contributed by atoms with E-state index in [2.05, 4.69) is 33.1 Å². The summed E-state index contributed by atoms with van der Waals surface area (Å²) in [5.74, 6) is 0. The summed E-state index contributed by atoms with van der Waals surface area (Å²) >= 11 is 7.83. The van der Waals surface area contributed by atoms with E-state index in [1.165, 1.54) is 10.5 Å². The summed E-state index contributed by atoms with van der Waals surface area (Å²) in [5, 5.41) is 0.861. The Morgan fingerprint density at radius 3 is 2.23 bits per heavy atom. The maximum Gasteiger partial charge on any atom is 0.0544 e. The van der Waals surface area contributed by atoms with Crippen molar-refractivity contribution in [3.8, 4) is 0 Å². The number of hydrogen-bond donors (Lipinski definition) is 0. The van der Waals surface area contributed by atoms with Gasteiger partial charge in [0, 0.05) is 4.90 Å². The van der Waals surface area contributed by atoms with Crippen LogP contribution in [0.15, 0.2) is 23.1 Å². The van der Waals surface area contributed by atoms with E-state index >= 15 is 0 Å². The topological polar surface area (TPSA) is 0 Å². The minimum Gasteiger partial charge on any atom is -0.128 e. The van der Waals surface area contributed by atoms with Gasteiger partial charge in [-0.3, -0.25) is 0 Å². The first-order chi connectivity index (χ1) is 5.96. The highest BCUT2D eigenvalue weighted by Gasteiger charge is 2.18. The highest BCUT2D eigenvalue weighted by atomic mass is 35.5. The van der Waals surface area contributed by atoms with Gasteiger partial charge in [-0.25, -0.2) is 0 Å². The summed E-state index contributed by atoms with van der Waals surface area (Å²) < 4.78 is 0. The lowest BCUT2D eigenvalue weighted by Crippen LogP contribution is -2.12. The molecule has 0 spiro atoms. The van der Waals surface area contributed by atoms with Gasteiger partial charge in [-0.15, -0.1) is 11.8 Å². The predicted molar refractivity (Wildman–Crippen MR) is 61.9 cm³/mol. The van der Waals surface area contributed by atoms with E-state index in [-0.39, 0.29) is 5.41 Å². The second-order valence-electron chi connectivity index (χ2n) is 4.07. The molecule has 0 unspecified atom stereocenters. The smallest absolute Gasteiger partial charge is 0.0544 e. The SMILES string of the molecule is CSc1c(Cl)cccc1C(C)(C)C. The largest absolute Gasteiger partial charge is 0.128 e. The highest BCUT2D eigenvalue weighted by Crippen LogP contribution is 2.35. The van der Waals surface area contributed by atoms with Crippen molar-refractivity contribution in [2.24, 2.45) is 0 Å². The van der Waals surface area contributed by atoms with E-state index in [0.29, 0.717) is 0 Å². The Balaban J connectivity index is 3.29. The van der Waals surface area contributed by atoms with Crippen molar-refractivity contribution < 1.29 is 0 Å². The maximum absolute atomic E-state index is 6.11. The molecule has 0 radical (unpaired) electrons. The fraction of sp³-hybridized carbons (Fsp3) is 0.455. The van der Waals surface area contributed by atoms with Gasteiger partial charge in [-0.05, 0) is 23.3 Å². The average Bonchev–Trinajstić information content (AvgIpc) is 2.02. The molecule has 0 heterocycles. The Morgan fingerprint density at radius 2 is 1.85 bits per heavy atom. The molecule has 1 rings (SSSR count). The van der Waals surface area contributed by atoms with Crippen LogP contribution >= 0.6 is 23.4 Å². The maximum atomic E-state index is 6.11. The van der Waals surface area contributed by atoms with E-state index < -0.39 is 0 Å². The van der Waals surface area contributed by atoms with Gasteiger partial charge >= 0.3 is 0 Å². The third-order valence-electron chi connectivity index (χ3n) is 1.98. The molecule has 0 fully saturated rings. The number of thioether (sulfide) groups is 1. The summed E-state index contributed by atoms with van der Waals surface area (Å²) in [6.07, 6.45) is 2.07. The van der Waals surface area contributed by atoms with Crippen LogP contribution in [0, 0.1) is 0 Å². The van der Waals surface area contributed by atoms with Crippen molar-refractivity contribution in [3.05, 3.63) is 28.8 Å². The van der Waals surface area contributed by atoms with Crippen LogP contribution in [0.4, 0.5) is 0 Å². The molecular weight excluding hydrogens is 200 g/mol. The molecule has 13 heavy (non-hydrogen) atoms. The third kappa shape index (κ3) is 2.41. The van der Waals surface area contributed by atoms with Gasteiger partial charge in [0.15, 0.2) is 0 Å². The molecule has 0 atom stereocenters. The highest BCUT2D eigenvalue weighted by molar-refractivity contribution is 7.98. The van der Waals surface area contributed by atoms with Crippen LogP contribution in [0.1, 0.15) is 26.3 Å². The van der Waals surface area contributed by atoms with Gasteiger partial charge in [-0.2, -0.15) is 0 Å². The van der Waals surface area contributed by atoms with Crippen molar-refractivity contribution in [2.45, 2.75) is 31.1 Å². The van der Waals surface area contributed by atoms with Gasteiger partial charge in [0.1, 0.15) is 0 Å². The van der Waals surface area contributed by atoms with Gasteiger partial charge in [0.05, 0.1) is 5.02 Å². The zero-order valence-corrected chi connectivity index (χ0v) is 10.1. The molecule has 0 saturated carbocycles. The molecule has 0 aliphatic heterocycles. The van der Waals surface area contributed by atoms with Gasteiger partial charge in [0.25, 0.3) is 0 Å². The molecule has 0 saturated heterocycles. The standard InChI is InChI=1S/C11H15ClS/c1-11(2,3)8-6-5-7-9(12)10(8)13-4/h5-7H,1-4H3. The Bertz CT molecular complexity index is 299. The first-order valence-corrected chi connectivity index (χ1v) is 5.90. The summed E-state index contributed by atoms with van der Waals surface area (Å²) in [6.45, 7) is 6.62. The second-order valence-corrected chi connectivity index (χ2v) is 5.29. The lowest BCUT2D eigenvalue weighted by atomic mass is 9.87. The van der Waals surface area contributed by atoms with E-state index in [9.17, 15) is 0 Å². The molecule has 0 nitrogen and oxygen atoms in total. The van der Waals surface area contributed by atoms with Crippen LogP contribution < -0.4 is 0 Å². The van der Waals surface area contributed by atoms with Crippen LogP contribution in [0.5, 0.6) is 0 Å². The molecule has 0 N–H and O–H groups in total. The number of benzene rings is 1. The van der Waals surface area contributed by atoms with Crippen molar-refractivity contribution in [2.75, 3.05) is 6.26 Å². The van der Waals surface area contributed by atoms with Crippen LogP contribution in [-0.2, 0) is 5.41 Å². The Morgan fingerprint density at radius 1 is 1.23 bits per heavy atom. The first-order valence-electron chi connectivity index (χ1n) is 4.30. The Kier molecular flexibility index (Phi) is 3.31. The zero-order valence-electron chi connectivity index (χ0n) is 8.52. The molecule has 1 aromatic rings. The number of hydrogen-bond acceptors (Lipinski definition) is 1. The van der Waals surface area contributed by atoms with E-state index in [1.54, 1.807) is 11.8 Å². The summed E-state index contributed by atoms with van der Waals surface area (Å²) in [5.41, 5.74) is 1.50. The number of halogens is 1. The Hall–Kier alpha value is -0.140. The molecule has 0 amide bonds. The fourth-order valence-electron chi connectivity index (χ4n) is 1.31. The molecule has 72 valence electrons. The Labute approximate surface area is 89.7 Å².